The van der Waals surface area contributed by atoms with Crippen LogP contribution in [0.5, 0.6) is 5.75 Å². The molecule has 2 rings (SSSR count). The number of hydrogen-bond donors (Lipinski definition) is 2. The van der Waals surface area contributed by atoms with E-state index >= 15 is 0 Å². The predicted molar refractivity (Wildman–Crippen MR) is 90.3 cm³/mol. The number of hydrogen-bond acceptors (Lipinski definition) is 3. The van der Waals surface area contributed by atoms with E-state index in [0.717, 1.165) is 17.3 Å². The molecule has 0 bridgehead atoms. The van der Waals surface area contributed by atoms with Gasteiger partial charge in [-0.05, 0) is 42.4 Å². The second kappa shape index (κ2) is 6.36. The van der Waals surface area contributed by atoms with E-state index < -0.39 is 0 Å². The lowest BCUT2D eigenvalue weighted by molar-refractivity contribution is 0.0926. The van der Waals surface area contributed by atoms with Gasteiger partial charge in [0, 0.05) is 13.1 Å². The molecule has 2 aromatic rings. The van der Waals surface area contributed by atoms with E-state index in [2.05, 4.69) is 24.1 Å². The van der Waals surface area contributed by atoms with Gasteiger partial charge in [0.25, 0.3) is 5.91 Å². The predicted octanol–water partition coefficient (Wildman–Crippen LogP) is 2.86. The van der Waals surface area contributed by atoms with Gasteiger partial charge in [0.15, 0.2) is 0 Å². The summed E-state index contributed by atoms with van der Waals surface area (Å²) in [6, 6.07) is 11.0. The number of aromatic hydroxyl groups is 1. The Kier molecular flexibility index (Phi) is 4.71. The standard InChI is InChI=1S/C18H24N2O2/c1-18(2,12-20(3)4)11-19-17(22)15-9-13-7-5-6-8-14(13)10-16(15)21/h5-10,21H,11-12H2,1-4H3,(H,19,22). The Morgan fingerprint density at radius 3 is 2.36 bits per heavy atom. The van der Waals surface area contributed by atoms with Crippen molar-refractivity contribution in [2.45, 2.75) is 13.8 Å². The van der Waals surface area contributed by atoms with Gasteiger partial charge in [-0.15, -0.1) is 0 Å². The van der Waals surface area contributed by atoms with Crippen LogP contribution in [0.1, 0.15) is 24.2 Å². The summed E-state index contributed by atoms with van der Waals surface area (Å²) in [5.74, 6) is -0.225. The molecule has 2 N–H and O–H groups in total. The van der Waals surface area contributed by atoms with Crippen molar-refractivity contribution in [3.05, 3.63) is 42.0 Å². The molecular formula is C18H24N2O2. The number of phenols is 1. The lowest BCUT2D eigenvalue weighted by Crippen LogP contribution is -2.40. The van der Waals surface area contributed by atoms with Crippen molar-refractivity contribution in [3.8, 4) is 5.75 Å². The number of carbonyl (C=O) groups is 1. The van der Waals surface area contributed by atoms with E-state index in [1.54, 1.807) is 12.1 Å². The van der Waals surface area contributed by atoms with Crippen LogP contribution in [0, 0.1) is 5.41 Å². The molecule has 0 atom stereocenters. The number of nitrogens with zero attached hydrogens (tertiary/aromatic N) is 1. The lowest BCUT2D eigenvalue weighted by atomic mass is 9.92. The summed E-state index contributed by atoms with van der Waals surface area (Å²) >= 11 is 0. The zero-order valence-corrected chi connectivity index (χ0v) is 13.7. The van der Waals surface area contributed by atoms with Gasteiger partial charge in [-0.25, -0.2) is 0 Å². The van der Waals surface area contributed by atoms with E-state index in [0.29, 0.717) is 12.1 Å². The van der Waals surface area contributed by atoms with Gasteiger partial charge >= 0.3 is 0 Å². The van der Waals surface area contributed by atoms with Crippen molar-refractivity contribution >= 4 is 16.7 Å². The highest BCUT2D eigenvalue weighted by atomic mass is 16.3. The van der Waals surface area contributed by atoms with E-state index in [-0.39, 0.29) is 17.1 Å². The summed E-state index contributed by atoms with van der Waals surface area (Å²) in [4.78, 5) is 14.5. The van der Waals surface area contributed by atoms with Crippen molar-refractivity contribution in [2.75, 3.05) is 27.2 Å². The van der Waals surface area contributed by atoms with Gasteiger partial charge in [0.2, 0.25) is 0 Å². The fourth-order valence-corrected chi connectivity index (χ4v) is 2.74. The number of carbonyl (C=O) groups excluding carboxylic acids is 1. The molecule has 0 saturated heterocycles. The maximum Gasteiger partial charge on any atom is 0.255 e. The van der Waals surface area contributed by atoms with E-state index in [1.165, 1.54) is 0 Å². The summed E-state index contributed by atoms with van der Waals surface area (Å²) < 4.78 is 0. The van der Waals surface area contributed by atoms with Crippen LogP contribution in [0.25, 0.3) is 10.8 Å². The van der Waals surface area contributed by atoms with Gasteiger partial charge in [-0.3, -0.25) is 4.79 Å². The molecule has 0 fully saturated rings. The molecule has 0 aliphatic rings. The zero-order valence-electron chi connectivity index (χ0n) is 13.7. The highest BCUT2D eigenvalue weighted by Crippen LogP contribution is 2.25. The second-order valence-electron chi connectivity index (χ2n) is 6.80. The molecule has 0 aliphatic carbocycles. The van der Waals surface area contributed by atoms with Gasteiger partial charge in [0.05, 0.1) is 5.56 Å². The fourth-order valence-electron chi connectivity index (χ4n) is 2.74. The Morgan fingerprint density at radius 1 is 1.18 bits per heavy atom. The van der Waals surface area contributed by atoms with Gasteiger partial charge in [0.1, 0.15) is 5.75 Å². The van der Waals surface area contributed by atoms with Crippen LogP contribution < -0.4 is 5.32 Å². The van der Waals surface area contributed by atoms with Crippen LogP contribution in [0.2, 0.25) is 0 Å². The summed E-state index contributed by atoms with van der Waals surface area (Å²) in [6.07, 6.45) is 0. The van der Waals surface area contributed by atoms with Crippen LogP contribution in [0.3, 0.4) is 0 Å². The van der Waals surface area contributed by atoms with Crippen LogP contribution in [0.4, 0.5) is 0 Å². The average Bonchev–Trinajstić information content (AvgIpc) is 2.42. The second-order valence-corrected chi connectivity index (χ2v) is 6.80. The molecule has 0 unspecified atom stereocenters. The number of nitrogens with one attached hydrogen (secondary N) is 1. The van der Waals surface area contributed by atoms with Crippen molar-refractivity contribution in [1.29, 1.82) is 0 Å². The minimum Gasteiger partial charge on any atom is -0.507 e. The Balaban J connectivity index is 2.14. The number of rotatable bonds is 5. The molecule has 0 heterocycles. The molecule has 0 spiro atoms. The van der Waals surface area contributed by atoms with Crippen LogP contribution in [0.15, 0.2) is 36.4 Å². The maximum atomic E-state index is 12.4. The van der Waals surface area contributed by atoms with Crippen molar-refractivity contribution in [1.82, 2.24) is 10.2 Å². The number of phenolic OH excluding ortho intramolecular Hbond substituents is 1. The van der Waals surface area contributed by atoms with Crippen LogP contribution >= 0.6 is 0 Å². The van der Waals surface area contributed by atoms with Crippen molar-refractivity contribution in [3.63, 3.8) is 0 Å². The van der Waals surface area contributed by atoms with Gasteiger partial charge in [-0.1, -0.05) is 38.1 Å². The normalized spacial score (nSPS) is 11.9. The van der Waals surface area contributed by atoms with E-state index in [1.807, 2.05) is 38.4 Å². The minimum absolute atomic E-state index is 0.0154. The summed E-state index contributed by atoms with van der Waals surface area (Å²) in [5, 5.41) is 14.9. The molecule has 22 heavy (non-hydrogen) atoms. The first-order valence-electron chi connectivity index (χ1n) is 7.43. The van der Waals surface area contributed by atoms with Crippen LogP contribution in [-0.4, -0.2) is 43.1 Å². The summed E-state index contributed by atoms with van der Waals surface area (Å²) in [6.45, 7) is 5.63. The Bertz CT molecular complexity index is 678. The van der Waals surface area contributed by atoms with Gasteiger partial charge in [-0.2, -0.15) is 0 Å². The highest BCUT2D eigenvalue weighted by Gasteiger charge is 2.21. The Labute approximate surface area is 131 Å². The third kappa shape index (κ3) is 3.98. The molecular weight excluding hydrogens is 276 g/mol. The lowest BCUT2D eigenvalue weighted by Gasteiger charge is -2.28. The monoisotopic (exact) mass is 300 g/mol. The molecule has 118 valence electrons. The molecule has 1 amide bonds. The van der Waals surface area contributed by atoms with Crippen LogP contribution in [-0.2, 0) is 0 Å². The highest BCUT2D eigenvalue weighted by molar-refractivity contribution is 6.01. The third-order valence-corrected chi connectivity index (χ3v) is 3.58. The molecule has 0 aliphatic heterocycles. The topological polar surface area (TPSA) is 52.6 Å². The Morgan fingerprint density at radius 2 is 1.77 bits per heavy atom. The molecule has 0 saturated carbocycles. The summed E-state index contributed by atoms with van der Waals surface area (Å²) in [5.41, 5.74) is 0.283. The molecule has 2 aromatic carbocycles. The first-order valence-corrected chi connectivity index (χ1v) is 7.43. The van der Waals surface area contributed by atoms with E-state index in [9.17, 15) is 9.90 Å². The molecule has 4 heteroatoms. The SMILES string of the molecule is CN(C)CC(C)(C)CNC(=O)c1cc2ccccc2cc1O. The van der Waals surface area contributed by atoms with Gasteiger partial charge < -0.3 is 15.3 Å². The van der Waals surface area contributed by atoms with Crippen molar-refractivity contribution < 1.29 is 9.90 Å². The first-order chi connectivity index (χ1) is 10.3. The number of amides is 1. The fraction of sp³-hybridized carbons (Fsp3) is 0.389. The minimum atomic E-state index is -0.241. The maximum absolute atomic E-state index is 12.4. The van der Waals surface area contributed by atoms with E-state index in [4.69, 9.17) is 0 Å². The zero-order chi connectivity index (χ0) is 16.3. The first kappa shape index (κ1) is 16.3. The average molecular weight is 300 g/mol. The number of fused-ring (bicyclic) bond motifs is 1. The third-order valence-electron chi connectivity index (χ3n) is 3.58. The number of benzene rings is 2. The molecule has 0 aromatic heterocycles. The largest absolute Gasteiger partial charge is 0.507 e. The summed E-state index contributed by atoms with van der Waals surface area (Å²) in [7, 11) is 4.03. The quantitative estimate of drug-likeness (QED) is 0.893. The Hall–Kier alpha value is -2.07. The molecule has 4 nitrogen and oxygen atoms in total. The van der Waals surface area contributed by atoms with Crippen molar-refractivity contribution in [2.24, 2.45) is 5.41 Å². The smallest absolute Gasteiger partial charge is 0.255 e. The molecule has 0 radical (unpaired) electrons.